The summed E-state index contributed by atoms with van der Waals surface area (Å²) in [5, 5.41) is 2.34. The molecule has 8 heteroatoms. The molecule has 1 rings (SSSR count). The van der Waals surface area contributed by atoms with E-state index in [1.165, 1.54) is 19.1 Å². The lowest BCUT2D eigenvalue weighted by Crippen LogP contribution is -2.61. The molecule has 0 aliphatic rings. The van der Waals surface area contributed by atoms with Crippen LogP contribution in [0.15, 0.2) is 22.7 Å². The van der Waals surface area contributed by atoms with Crippen LogP contribution in [0.5, 0.6) is 0 Å². The molecule has 0 bridgehead atoms. The predicted octanol–water partition coefficient (Wildman–Crippen LogP) is 2.52. The average molecular weight is 418 g/mol. The Morgan fingerprint density at radius 2 is 1.72 bits per heavy atom. The molecule has 0 saturated carbocycles. The minimum absolute atomic E-state index is 0.0201. The first-order chi connectivity index (χ1) is 11.8. The highest BCUT2D eigenvalue weighted by atomic mass is 79.9. The summed E-state index contributed by atoms with van der Waals surface area (Å²) in [7, 11) is 0. The number of carbonyl (C=O) groups is 3. The van der Waals surface area contributed by atoms with Gasteiger partial charge in [0.25, 0.3) is 0 Å². The van der Waals surface area contributed by atoms with Gasteiger partial charge in [-0.1, -0.05) is 22.0 Å². The SMILES string of the molecule is CCOC(=O)C(CCc1ccc(Br)cc1F)(NC(C)=O)C(=O)OCC. The van der Waals surface area contributed by atoms with Crippen molar-refractivity contribution in [3.05, 3.63) is 34.1 Å². The Balaban J connectivity index is 3.19. The monoisotopic (exact) mass is 417 g/mol. The van der Waals surface area contributed by atoms with Gasteiger partial charge in [-0.25, -0.2) is 14.0 Å². The molecular weight excluding hydrogens is 397 g/mol. The van der Waals surface area contributed by atoms with Crippen molar-refractivity contribution >= 4 is 33.8 Å². The van der Waals surface area contributed by atoms with E-state index in [0.29, 0.717) is 10.0 Å². The first kappa shape index (κ1) is 21.1. The van der Waals surface area contributed by atoms with Crippen LogP contribution in [0.2, 0.25) is 0 Å². The normalized spacial score (nSPS) is 10.9. The van der Waals surface area contributed by atoms with Crippen LogP contribution in [0.3, 0.4) is 0 Å². The summed E-state index contributed by atoms with van der Waals surface area (Å²) >= 11 is 3.16. The maximum Gasteiger partial charge on any atom is 0.343 e. The highest BCUT2D eigenvalue weighted by molar-refractivity contribution is 9.10. The molecule has 1 aromatic carbocycles. The topological polar surface area (TPSA) is 81.7 Å². The van der Waals surface area contributed by atoms with Crippen molar-refractivity contribution in [2.75, 3.05) is 13.2 Å². The maximum absolute atomic E-state index is 14.0. The highest BCUT2D eigenvalue weighted by Crippen LogP contribution is 2.22. The van der Waals surface area contributed by atoms with Crippen LogP contribution in [0.25, 0.3) is 0 Å². The standard InChI is InChI=1S/C17H21BrFNO5/c1-4-24-15(22)17(20-11(3)21,16(23)25-5-2)9-8-12-6-7-13(18)10-14(12)19/h6-7,10H,4-5,8-9H2,1-3H3,(H,20,21). The van der Waals surface area contributed by atoms with Crippen LogP contribution >= 0.6 is 15.9 Å². The lowest BCUT2D eigenvalue weighted by molar-refractivity contribution is -0.168. The van der Waals surface area contributed by atoms with Crippen molar-refractivity contribution in [3.63, 3.8) is 0 Å². The van der Waals surface area contributed by atoms with E-state index in [1.54, 1.807) is 19.9 Å². The number of aryl methyl sites for hydroxylation is 1. The van der Waals surface area contributed by atoms with Crippen molar-refractivity contribution in [2.24, 2.45) is 0 Å². The number of amides is 1. The van der Waals surface area contributed by atoms with Gasteiger partial charge in [0, 0.05) is 11.4 Å². The number of hydrogen-bond acceptors (Lipinski definition) is 5. The summed E-state index contributed by atoms with van der Waals surface area (Å²) in [4.78, 5) is 36.5. The molecule has 0 spiro atoms. The van der Waals surface area contributed by atoms with Gasteiger partial charge in [0.05, 0.1) is 13.2 Å². The third-order valence-electron chi connectivity index (χ3n) is 3.42. The molecule has 0 atom stereocenters. The van der Waals surface area contributed by atoms with Gasteiger partial charge in [0.15, 0.2) is 0 Å². The van der Waals surface area contributed by atoms with Crippen molar-refractivity contribution in [2.45, 2.75) is 39.2 Å². The average Bonchev–Trinajstić information content (AvgIpc) is 2.52. The van der Waals surface area contributed by atoms with E-state index in [0.717, 1.165) is 0 Å². The van der Waals surface area contributed by atoms with E-state index in [1.807, 2.05) is 0 Å². The van der Waals surface area contributed by atoms with Gasteiger partial charge in [-0.3, -0.25) is 4.79 Å². The van der Waals surface area contributed by atoms with E-state index < -0.39 is 29.2 Å². The number of halogens is 2. The Labute approximate surface area is 154 Å². The van der Waals surface area contributed by atoms with Gasteiger partial charge < -0.3 is 14.8 Å². The smallest absolute Gasteiger partial charge is 0.343 e. The van der Waals surface area contributed by atoms with Crippen molar-refractivity contribution in [1.82, 2.24) is 5.32 Å². The van der Waals surface area contributed by atoms with Gasteiger partial charge in [0.1, 0.15) is 5.82 Å². The molecule has 138 valence electrons. The number of esters is 2. The van der Waals surface area contributed by atoms with Gasteiger partial charge in [0.2, 0.25) is 11.4 Å². The largest absolute Gasteiger partial charge is 0.464 e. The van der Waals surface area contributed by atoms with Crippen LogP contribution in [-0.4, -0.2) is 36.6 Å². The second kappa shape index (κ2) is 9.50. The summed E-state index contributed by atoms with van der Waals surface area (Å²) in [5.41, 5.74) is -1.72. The van der Waals surface area contributed by atoms with Gasteiger partial charge in [-0.05, 0) is 44.4 Å². The number of ether oxygens (including phenoxy) is 2. The number of carbonyl (C=O) groups excluding carboxylic acids is 3. The number of nitrogens with one attached hydrogen (secondary N) is 1. The molecule has 0 fully saturated rings. The third-order valence-corrected chi connectivity index (χ3v) is 3.91. The molecule has 25 heavy (non-hydrogen) atoms. The molecule has 1 aromatic rings. The fourth-order valence-electron chi connectivity index (χ4n) is 2.31. The van der Waals surface area contributed by atoms with E-state index in [2.05, 4.69) is 21.2 Å². The Morgan fingerprint density at radius 1 is 1.16 bits per heavy atom. The Morgan fingerprint density at radius 3 is 2.16 bits per heavy atom. The molecule has 0 saturated heterocycles. The maximum atomic E-state index is 14.0. The highest BCUT2D eigenvalue weighted by Gasteiger charge is 2.49. The zero-order valence-corrected chi connectivity index (χ0v) is 15.9. The van der Waals surface area contributed by atoms with E-state index in [9.17, 15) is 18.8 Å². The molecule has 0 radical (unpaired) electrons. The molecule has 1 N–H and O–H groups in total. The van der Waals surface area contributed by atoms with Gasteiger partial charge in [-0.15, -0.1) is 0 Å². The van der Waals surface area contributed by atoms with Crippen LogP contribution in [0, 0.1) is 5.82 Å². The summed E-state index contributed by atoms with van der Waals surface area (Å²) in [6, 6.07) is 4.46. The Kier molecular flexibility index (Phi) is 8.02. The van der Waals surface area contributed by atoms with Crippen molar-refractivity contribution in [1.29, 1.82) is 0 Å². The molecule has 0 aromatic heterocycles. The molecular formula is C17H21BrFNO5. The Hall–Kier alpha value is -1.96. The minimum atomic E-state index is -2.02. The second-order valence-corrected chi connectivity index (χ2v) is 6.18. The first-order valence-corrected chi connectivity index (χ1v) is 8.63. The van der Waals surface area contributed by atoms with Crippen LogP contribution < -0.4 is 5.32 Å². The van der Waals surface area contributed by atoms with Crippen molar-refractivity contribution < 1.29 is 28.2 Å². The van der Waals surface area contributed by atoms with E-state index >= 15 is 0 Å². The Bertz CT molecular complexity index is 632. The number of rotatable bonds is 8. The first-order valence-electron chi connectivity index (χ1n) is 7.84. The van der Waals surface area contributed by atoms with Crippen LogP contribution in [0.1, 0.15) is 32.8 Å². The molecule has 0 unspecified atom stereocenters. The molecule has 6 nitrogen and oxygen atoms in total. The number of hydrogen-bond donors (Lipinski definition) is 1. The molecule has 0 aliphatic heterocycles. The van der Waals surface area contributed by atoms with E-state index in [4.69, 9.17) is 9.47 Å². The van der Waals surface area contributed by atoms with E-state index in [-0.39, 0.29) is 26.1 Å². The third kappa shape index (κ3) is 5.52. The molecule has 0 heterocycles. The van der Waals surface area contributed by atoms with Crippen LogP contribution in [-0.2, 0) is 30.3 Å². The number of benzene rings is 1. The summed E-state index contributed by atoms with van der Waals surface area (Å²) in [5.74, 6) is -2.95. The zero-order valence-electron chi connectivity index (χ0n) is 14.4. The lowest BCUT2D eigenvalue weighted by Gasteiger charge is -2.29. The quantitative estimate of drug-likeness (QED) is 0.519. The van der Waals surface area contributed by atoms with Crippen molar-refractivity contribution in [3.8, 4) is 0 Å². The minimum Gasteiger partial charge on any atom is -0.464 e. The van der Waals surface area contributed by atoms with Gasteiger partial charge in [-0.2, -0.15) is 0 Å². The fourth-order valence-corrected chi connectivity index (χ4v) is 2.64. The summed E-state index contributed by atoms with van der Waals surface area (Å²) < 4.78 is 24.5. The summed E-state index contributed by atoms with van der Waals surface area (Å²) in [6.45, 7) is 4.37. The predicted molar refractivity (Wildman–Crippen MR) is 92.2 cm³/mol. The molecule has 0 aliphatic carbocycles. The van der Waals surface area contributed by atoms with Crippen LogP contribution in [0.4, 0.5) is 4.39 Å². The van der Waals surface area contributed by atoms with Gasteiger partial charge >= 0.3 is 11.9 Å². The second-order valence-electron chi connectivity index (χ2n) is 5.26. The zero-order chi connectivity index (χ0) is 19.0. The summed E-state index contributed by atoms with van der Waals surface area (Å²) in [6.07, 6.45) is -0.167. The lowest BCUT2D eigenvalue weighted by atomic mass is 9.90. The molecule has 1 amide bonds. The fraction of sp³-hybridized carbons (Fsp3) is 0.471.